The van der Waals surface area contributed by atoms with E-state index in [4.69, 9.17) is 27.2 Å². The van der Waals surface area contributed by atoms with Crippen LogP contribution in [0.5, 0.6) is 0 Å². The third kappa shape index (κ3) is 2.27. The summed E-state index contributed by atoms with van der Waals surface area (Å²) in [6, 6.07) is 0. The fourth-order valence-corrected chi connectivity index (χ4v) is 1.89. The fraction of sp³-hybridized carbons (Fsp3) is 0.556. The Bertz CT molecular complexity index is 478. The van der Waals surface area contributed by atoms with Crippen LogP contribution in [-0.4, -0.2) is 38.6 Å². The summed E-state index contributed by atoms with van der Waals surface area (Å²) >= 11 is 5.75. The third-order valence-corrected chi connectivity index (χ3v) is 2.87. The van der Waals surface area contributed by atoms with E-state index in [-0.39, 0.29) is 23.9 Å². The van der Waals surface area contributed by atoms with Crippen molar-refractivity contribution in [1.82, 2.24) is 9.55 Å². The molecule has 17 heavy (non-hydrogen) atoms. The molecule has 2 heterocycles. The molecule has 0 aromatic carbocycles. The molecule has 0 saturated carbocycles. The summed E-state index contributed by atoms with van der Waals surface area (Å²) in [5, 5.41) is 18.8. The third-order valence-electron chi connectivity index (χ3n) is 2.58. The molecule has 0 bridgehead atoms. The SMILES string of the molecule is Nc1nc(=O)n([C@@H]2O[C@H](CO)C[C@H]2O)cc1Cl. The Hall–Kier alpha value is -1.15. The Morgan fingerprint density at radius 3 is 3.00 bits per heavy atom. The number of aliphatic hydroxyl groups excluding tert-OH is 2. The number of aliphatic hydroxyl groups is 2. The maximum atomic E-state index is 11.6. The molecule has 0 aliphatic carbocycles. The summed E-state index contributed by atoms with van der Waals surface area (Å²) < 4.78 is 6.38. The molecule has 1 saturated heterocycles. The van der Waals surface area contributed by atoms with Crippen molar-refractivity contribution in [3.05, 3.63) is 21.7 Å². The molecule has 1 aromatic heterocycles. The van der Waals surface area contributed by atoms with E-state index in [9.17, 15) is 9.90 Å². The molecule has 8 heteroatoms. The molecule has 0 amide bonds. The van der Waals surface area contributed by atoms with Crippen LogP contribution in [0.3, 0.4) is 0 Å². The van der Waals surface area contributed by atoms with E-state index < -0.39 is 24.1 Å². The number of nitrogen functional groups attached to an aromatic ring is 1. The number of nitrogens with zero attached hydrogens (tertiary/aromatic N) is 2. The normalized spacial score (nSPS) is 28.5. The van der Waals surface area contributed by atoms with Gasteiger partial charge in [0.2, 0.25) is 0 Å². The number of ether oxygens (including phenoxy) is 1. The van der Waals surface area contributed by atoms with Crippen LogP contribution >= 0.6 is 11.6 Å². The summed E-state index contributed by atoms with van der Waals surface area (Å²) in [7, 11) is 0. The van der Waals surface area contributed by atoms with Crippen LogP contribution in [0.25, 0.3) is 0 Å². The van der Waals surface area contributed by atoms with Crippen molar-refractivity contribution in [3.63, 3.8) is 0 Å². The second-order valence-corrected chi connectivity index (χ2v) is 4.21. The van der Waals surface area contributed by atoms with Gasteiger partial charge in [-0.2, -0.15) is 4.98 Å². The lowest BCUT2D eigenvalue weighted by molar-refractivity contribution is -0.0529. The number of halogens is 1. The highest BCUT2D eigenvalue weighted by molar-refractivity contribution is 6.32. The first-order valence-electron chi connectivity index (χ1n) is 5.01. The molecular formula is C9H12ClN3O4. The predicted octanol–water partition coefficient (Wildman–Crippen LogP) is -0.880. The second-order valence-electron chi connectivity index (χ2n) is 3.80. The van der Waals surface area contributed by atoms with Gasteiger partial charge in [0, 0.05) is 12.6 Å². The monoisotopic (exact) mass is 261 g/mol. The number of nitrogens with two attached hydrogens (primary N) is 1. The van der Waals surface area contributed by atoms with Gasteiger partial charge in [-0.25, -0.2) is 4.79 Å². The zero-order chi connectivity index (χ0) is 12.6. The first-order chi connectivity index (χ1) is 8.02. The number of rotatable bonds is 2. The van der Waals surface area contributed by atoms with Crippen molar-refractivity contribution in [2.45, 2.75) is 24.9 Å². The standard InChI is InChI=1S/C9H12ClN3O4/c10-5-2-13(9(16)12-7(5)11)8-6(15)1-4(3-14)17-8/h2,4,6,8,14-15H,1,3H2,(H2,11,12,16)/t4-,6+,8+/m0/s1. The Kier molecular flexibility index (Phi) is 3.34. The topological polar surface area (TPSA) is 111 Å². The molecule has 0 unspecified atom stereocenters. The van der Waals surface area contributed by atoms with Gasteiger partial charge in [0.25, 0.3) is 0 Å². The van der Waals surface area contributed by atoms with Crippen molar-refractivity contribution in [2.75, 3.05) is 12.3 Å². The quantitative estimate of drug-likeness (QED) is 0.638. The maximum Gasteiger partial charge on any atom is 0.351 e. The summed E-state index contributed by atoms with van der Waals surface area (Å²) in [6.45, 7) is -0.224. The Balaban J connectivity index is 2.35. The highest BCUT2D eigenvalue weighted by atomic mass is 35.5. The zero-order valence-corrected chi connectivity index (χ0v) is 9.54. The van der Waals surface area contributed by atoms with Gasteiger partial charge in [0.15, 0.2) is 6.23 Å². The van der Waals surface area contributed by atoms with Gasteiger partial charge in [0.05, 0.1) is 17.7 Å². The number of anilines is 1. The molecule has 2 rings (SSSR count). The second kappa shape index (κ2) is 4.61. The maximum absolute atomic E-state index is 11.6. The van der Waals surface area contributed by atoms with Gasteiger partial charge in [-0.05, 0) is 0 Å². The lowest BCUT2D eigenvalue weighted by Gasteiger charge is -2.17. The lowest BCUT2D eigenvalue weighted by Crippen LogP contribution is -2.32. The van der Waals surface area contributed by atoms with Crippen LogP contribution in [0.2, 0.25) is 5.02 Å². The first-order valence-corrected chi connectivity index (χ1v) is 5.39. The number of aromatic nitrogens is 2. The van der Waals surface area contributed by atoms with Gasteiger partial charge >= 0.3 is 5.69 Å². The summed E-state index contributed by atoms with van der Waals surface area (Å²) in [5.41, 5.74) is 4.72. The largest absolute Gasteiger partial charge is 0.394 e. The van der Waals surface area contributed by atoms with E-state index in [1.807, 2.05) is 0 Å². The molecule has 0 spiro atoms. The fourth-order valence-electron chi connectivity index (χ4n) is 1.74. The number of hydrogen-bond acceptors (Lipinski definition) is 6. The smallest absolute Gasteiger partial charge is 0.351 e. The van der Waals surface area contributed by atoms with Gasteiger partial charge in [-0.15, -0.1) is 0 Å². The molecule has 1 aliphatic rings. The first kappa shape index (κ1) is 12.3. The van der Waals surface area contributed by atoms with Crippen LogP contribution in [0.15, 0.2) is 11.0 Å². The molecule has 1 aliphatic heterocycles. The Labute approximate surface area is 101 Å². The van der Waals surface area contributed by atoms with Crippen molar-refractivity contribution in [3.8, 4) is 0 Å². The molecule has 1 fully saturated rings. The zero-order valence-electron chi connectivity index (χ0n) is 8.78. The van der Waals surface area contributed by atoms with Crippen molar-refractivity contribution >= 4 is 17.4 Å². The van der Waals surface area contributed by atoms with Crippen molar-refractivity contribution in [1.29, 1.82) is 0 Å². The van der Waals surface area contributed by atoms with Crippen LogP contribution in [0, 0.1) is 0 Å². The molecule has 3 atom stereocenters. The molecule has 7 nitrogen and oxygen atoms in total. The van der Waals surface area contributed by atoms with E-state index in [2.05, 4.69) is 4.98 Å². The Morgan fingerprint density at radius 1 is 1.71 bits per heavy atom. The summed E-state index contributed by atoms with van der Waals surface area (Å²) in [5.74, 6) is -0.0703. The molecular weight excluding hydrogens is 250 g/mol. The summed E-state index contributed by atoms with van der Waals surface area (Å²) in [6.07, 6.45) is -0.787. The summed E-state index contributed by atoms with van der Waals surface area (Å²) in [4.78, 5) is 15.1. The van der Waals surface area contributed by atoms with Crippen LogP contribution in [-0.2, 0) is 4.74 Å². The predicted molar refractivity (Wildman–Crippen MR) is 59.5 cm³/mol. The van der Waals surface area contributed by atoms with E-state index in [0.29, 0.717) is 0 Å². The van der Waals surface area contributed by atoms with Gasteiger partial charge in [0.1, 0.15) is 11.9 Å². The molecule has 94 valence electrons. The average molecular weight is 262 g/mol. The minimum Gasteiger partial charge on any atom is -0.394 e. The van der Waals surface area contributed by atoms with E-state index in [1.165, 1.54) is 6.20 Å². The van der Waals surface area contributed by atoms with E-state index >= 15 is 0 Å². The van der Waals surface area contributed by atoms with E-state index in [0.717, 1.165) is 4.57 Å². The molecule has 4 N–H and O–H groups in total. The van der Waals surface area contributed by atoms with Gasteiger partial charge in [-0.3, -0.25) is 4.57 Å². The van der Waals surface area contributed by atoms with Gasteiger partial charge in [-0.1, -0.05) is 11.6 Å². The number of hydrogen-bond donors (Lipinski definition) is 3. The Morgan fingerprint density at radius 2 is 2.41 bits per heavy atom. The highest BCUT2D eigenvalue weighted by Crippen LogP contribution is 2.28. The minimum atomic E-state index is -0.898. The average Bonchev–Trinajstić information content (AvgIpc) is 2.65. The lowest BCUT2D eigenvalue weighted by atomic mass is 10.2. The van der Waals surface area contributed by atoms with Gasteiger partial charge < -0.3 is 20.7 Å². The van der Waals surface area contributed by atoms with E-state index in [1.54, 1.807) is 0 Å². The molecule has 0 radical (unpaired) electrons. The van der Waals surface area contributed by atoms with Crippen molar-refractivity contribution in [2.24, 2.45) is 0 Å². The van der Waals surface area contributed by atoms with Crippen LogP contribution in [0.4, 0.5) is 5.82 Å². The molecule has 1 aromatic rings. The van der Waals surface area contributed by atoms with Crippen molar-refractivity contribution < 1.29 is 14.9 Å². The van der Waals surface area contributed by atoms with Crippen LogP contribution < -0.4 is 11.4 Å². The minimum absolute atomic E-state index is 0.0703. The highest BCUT2D eigenvalue weighted by Gasteiger charge is 2.35. The van der Waals surface area contributed by atoms with Crippen LogP contribution in [0.1, 0.15) is 12.6 Å².